The molecule has 1 unspecified atom stereocenters. The summed E-state index contributed by atoms with van der Waals surface area (Å²) in [5.41, 5.74) is 6.14. The topological polar surface area (TPSA) is 52.4 Å². The second-order valence-electron chi connectivity index (χ2n) is 8.83. The molecule has 3 aromatic rings. The van der Waals surface area contributed by atoms with Crippen molar-refractivity contribution in [2.24, 2.45) is 0 Å². The van der Waals surface area contributed by atoms with Gasteiger partial charge in [-0.3, -0.25) is 9.58 Å². The fraction of sp³-hybridized carbons (Fsp3) is 0.385. The summed E-state index contributed by atoms with van der Waals surface area (Å²) in [6.07, 6.45) is 6.14. The Morgan fingerprint density at radius 1 is 1.09 bits per heavy atom. The molecule has 0 fully saturated rings. The van der Waals surface area contributed by atoms with E-state index in [0.29, 0.717) is 13.2 Å². The van der Waals surface area contributed by atoms with Crippen molar-refractivity contribution in [1.29, 1.82) is 0 Å². The van der Waals surface area contributed by atoms with Crippen LogP contribution >= 0.6 is 0 Å². The molecule has 2 aromatic carbocycles. The van der Waals surface area contributed by atoms with Gasteiger partial charge >= 0.3 is 0 Å². The minimum absolute atomic E-state index is 0.196. The maximum atomic E-state index is 6.11. The van der Waals surface area contributed by atoms with Crippen LogP contribution in [0.1, 0.15) is 48.7 Å². The van der Waals surface area contributed by atoms with Gasteiger partial charge in [-0.25, -0.2) is 0 Å². The van der Waals surface area contributed by atoms with Crippen molar-refractivity contribution < 1.29 is 9.47 Å². The second-order valence-corrected chi connectivity index (χ2v) is 8.83. The number of nitrogens with zero attached hydrogens (tertiary/aromatic N) is 4. The Balaban J connectivity index is 1.54. The molecule has 8 bridgehead atoms. The van der Waals surface area contributed by atoms with Crippen molar-refractivity contribution in [2.75, 3.05) is 19.7 Å². The van der Waals surface area contributed by atoms with Crippen LogP contribution in [0, 0.1) is 0 Å². The molecule has 1 aromatic heterocycles. The van der Waals surface area contributed by atoms with E-state index in [1.165, 1.54) is 22.3 Å². The van der Waals surface area contributed by atoms with E-state index < -0.39 is 0 Å². The molecule has 1 atom stereocenters. The third-order valence-electron chi connectivity index (χ3n) is 6.12. The Bertz CT molecular complexity index is 1120. The number of hydrogen-bond donors (Lipinski definition) is 0. The predicted molar refractivity (Wildman–Crippen MR) is 124 cm³/mol. The fourth-order valence-electron chi connectivity index (χ4n) is 4.49. The Kier molecular flexibility index (Phi) is 5.95. The number of fused-ring (bicyclic) bond motifs is 5. The summed E-state index contributed by atoms with van der Waals surface area (Å²) in [4.78, 5) is 2.56. The van der Waals surface area contributed by atoms with Crippen LogP contribution in [0.4, 0.5) is 0 Å². The molecule has 4 heterocycles. The van der Waals surface area contributed by atoms with Gasteiger partial charge < -0.3 is 9.47 Å². The molecule has 3 aliphatic rings. The molecule has 6 heteroatoms. The summed E-state index contributed by atoms with van der Waals surface area (Å²) < 4.78 is 14.0. The van der Waals surface area contributed by atoms with Crippen LogP contribution in [0.5, 0.6) is 11.5 Å². The van der Waals surface area contributed by atoms with E-state index in [2.05, 4.69) is 71.5 Å². The first-order valence-electron chi connectivity index (χ1n) is 11.4. The van der Waals surface area contributed by atoms with Crippen LogP contribution in [0.2, 0.25) is 0 Å². The highest BCUT2D eigenvalue weighted by Crippen LogP contribution is 2.38. The fourth-order valence-corrected chi connectivity index (χ4v) is 4.49. The van der Waals surface area contributed by atoms with Gasteiger partial charge in [0.05, 0.1) is 18.8 Å². The zero-order chi connectivity index (χ0) is 21.9. The molecule has 0 amide bonds. The first-order chi connectivity index (χ1) is 15.7. The predicted octanol–water partition coefficient (Wildman–Crippen LogP) is 4.55. The van der Waals surface area contributed by atoms with Crippen molar-refractivity contribution in [3.05, 3.63) is 82.7 Å². The lowest BCUT2D eigenvalue weighted by Crippen LogP contribution is -2.36. The number of hydrogen-bond acceptors (Lipinski definition) is 5. The lowest BCUT2D eigenvalue weighted by Gasteiger charge is -2.37. The molecule has 6 nitrogen and oxygen atoms in total. The van der Waals surface area contributed by atoms with Gasteiger partial charge in [0.2, 0.25) is 0 Å². The summed E-state index contributed by atoms with van der Waals surface area (Å²) in [5, 5.41) is 8.45. The largest absolute Gasteiger partial charge is 0.494 e. The van der Waals surface area contributed by atoms with Crippen molar-refractivity contribution in [2.45, 2.75) is 45.9 Å². The van der Waals surface area contributed by atoms with Crippen LogP contribution in [-0.4, -0.2) is 39.6 Å². The maximum Gasteiger partial charge on any atom is 0.134 e. The molecular weight excluding hydrogens is 400 g/mol. The first-order valence-corrected chi connectivity index (χ1v) is 11.4. The second kappa shape index (κ2) is 9.17. The number of rotatable bonds is 2. The smallest absolute Gasteiger partial charge is 0.134 e. The molecule has 32 heavy (non-hydrogen) atoms. The summed E-state index contributed by atoms with van der Waals surface area (Å²) in [7, 11) is 0. The highest BCUT2D eigenvalue weighted by atomic mass is 16.5. The van der Waals surface area contributed by atoms with Gasteiger partial charge in [-0.2, -0.15) is 0 Å². The van der Waals surface area contributed by atoms with E-state index in [1.54, 1.807) is 0 Å². The van der Waals surface area contributed by atoms with Gasteiger partial charge in [0.15, 0.2) is 0 Å². The van der Waals surface area contributed by atoms with E-state index >= 15 is 0 Å². The van der Waals surface area contributed by atoms with E-state index in [9.17, 15) is 0 Å². The van der Waals surface area contributed by atoms with E-state index in [-0.39, 0.29) is 6.04 Å². The van der Waals surface area contributed by atoms with Crippen LogP contribution in [-0.2, 0) is 19.6 Å². The SMILES string of the molecule is CC(C)=CCN1CCc2cc3ccc2C1c1cccc(c1)OCCCn1cc(nn1)CO3. The van der Waals surface area contributed by atoms with Gasteiger partial charge in [-0.15, -0.1) is 5.10 Å². The minimum atomic E-state index is 0.196. The quantitative estimate of drug-likeness (QED) is 0.558. The first kappa shape index (κ1) is 20.8. The number of benzene rings is 2. The average molecular weight is 431 g/mol. The molecule has 3 aliphatic heterocycles. The van der Waals surface area contributed by atoms with Gasteiger partial charge in [0.1, 0.15) is 23.8 Å². The lowest BCUT2D eigenvalue weighted by atomic mass is 9.88. The number of aromatic nitrogens is 3. The third kappa shape index (κ3) is 4.55. The molecule has 0 saturated heterocycles. The molecule has 0 N–H and O–H groups in total. The summed E-state index contributed by atoms with van der Waals surface area (Å²) in [6, 6.07) is 15.3. The molecule has 0 saturated carbocycles. The van der Waals surface area contributed by atoms with Crippen LogP contribution < -0.4 is 9.47 Å². The molecule has 166 valence electrons. The third-order valence-corrected chi connectivity index (χ3v) is 6.12. The van der Waals surface area contributed by atoms with Gasteiger partial charge in [-0.1, -0.05) is 35.1 Å². The molecule has 6 rings (SSSR count). The van der Waals surface area contributed by atoms with Crippen LogP contribution in [0.3, 0.4) is 0 Å². The van der Waals surface area contributed by atoms with Crippen molar-refractivity contribution >= 4 is 0 Å². The van der Waals surface area contributed by atoms with Gasteiger partial charge in [0.25, 0.3) is 0 Å². The summed E-state index contributed by atoms with van der Waals surface area (Å²) in [5.74, 6) is 1.80. The molecule has 0 radical (unpaired) electrons. The van der Waals surface area contributed by atoms with E-state index in [0.717, 1.165) is 49.7 Å². The van der Waals surface area contributed by atoms with Crippen LogP contribution in [0.25, 0.3) is 0 Å². The van der Waals surface area contributed by atoms with Crippen molar-refractivity contribution in [1.82, 2.24) is 19.9 Å². The highest BCUT2D eigenvalue weighted by molar-refractivity contribution is 5.45. The maximum absolute atomic E-state index is 6.11. The molecule has 0 spiro atoms. The molecular formula is C26H30N4O2. The van der Waals surface area contributed by atoms with E-state index in [1.807, 2.05) is 16.9 Å². The summed E-state index contributed by atoms with van der Waals surface area (Å²) in [6.45, 7) is 8.10. The Morgan fingerprint density at radius 3 is 2.91 bits per heavy atom. The minimum Gasteiger partial charge on any atom is -0.494 e. The standard InChI is InChI=1S/C26H30N4O2/c1-19(2)9-12-29-13-10-20-15-24-7-8-25(20)26(29)21-5-3-6-23(16-21)31-14-4-11-30-17-22(18-32-24)27-28-30/h3,5-9,15-17,26H,4,10-14,18H2,1-2H3. The Hall–Kier alpha value is -3.12. The zero-order valence-electron chi connectivity index (χ0n) is 18.8. The highest BCUT2D eigenvalue weighted by Gasteiger charge is 2.29. The average Bonchev–Trinajstić information content (AvgIpc) is 3.26. The number of aryl methyl sites for hydroxylation is 1. The monoisotopic (exact) mass is 430 g/mol. The number of allylic oxidation sites excluding steroid dienone is 1. The van der Waals surface area contributed by atoms with Gasteiger partial charge in [-0.05, 0) is 61.2 Å². The van der Waals surface area contributed by atoms with Crippen molar-refractivity contribution in [3.63, 3.8) is 0 Å². The number of ether oxygens (including phenoxy) is 2. The van der Waals surface area contributed by atoms with E-state index in [4.69, 9.17) is 9.47 Å². The summed E-state index contributed by atoms with van der Waals surface area (Å²) >= 11 is 0. The van der Waals surface area contributed by atoms with Crippen LogP contribution in [0.15, 0.2) is 60.3 Å². The Morgan fingerprint density at radius 2 is 2.00 bits per heavy atom. The molecule has 0 aliphatic carbocycles. The normalized spacial score (nSPS) is 18.4. The zero-order valence-corrected chi connectivity index (χ0v) is 18.8. The lowest BCUT2D eigenvalue weighted by molar-refractivity contribution is 0.234. The Labute approximate surface area is 189 Å². The van der Waals surface area contributed by atoms with Crippen molar-refractivity contribution in [3.8, 4) is 11.5 Å². The van der Waals surface area contributed by atoms with Gasteiger partial charge in [0, 0.05) is 26.1 Å².